The van der Waals surface area contributed by atoms with Gasteiger partial charge in [-0.2, -0.15) is 0 Å². The van der Waals surface area contributed by atoms with E-state index < -0.39 is 0 Å². The lowest BCUT2D eigenvalue weighted by Gasteiger charge is -2.13. The van der Waals surface area contributed by atoms with Crippen LogP contribution < -0.4 is 10.1 Å². The highest BCUT2D eigenvalue weighted by Gasteiger charge is 2.17. The molecule has 1 N–H and O–H groups in total. The zero-order chi connectivity index (χ0) is 23.2. The maximum absolute atomic E-state index is 12.7. The van der Waals surface area contributed by atoms with E-state index in [1.807, 2.05) is 54.0 Å². The highest BCUT2D eigenvalue weighted by atomic mass is 35.5. The molecular weight excluding hydrogens is 458 g/mol. The van der Waals surface area contributed by atoms with Crippen LogP contribution in [0.25, 0.3) is 11.4 Å². The van der Waals surface area contributed by atoms with Crippen molar-refractivity contribution in [1.82, 2.24) is 19.7 Å². The molecule has 1 amide bonds. The number of nitrogens with zero attached hydrogens (tertiary/aromatic N) is 4. The SMILES string of the molecule is COc1cc(Cl)c(C)cc1NC(=O)CSc1nnc(-c2ccncc2)n1Cc1ccccc1. The summed E-state index contributed by atoms with van der Waals surface area (Å²) in [5.41, 5.74) is 3.45. The van der Waals surface area contributed by atoms with Crippen molar-refractivity contribution < 1.29 is 9.53 Å². The van der Waals surface area contributed by atoms with Crippen LogP contribution in [0.4, 0.5) is 5.69 Å². The molecule has 0 saturated heterocycles. The van der Waals surface area contributed by atoms with Crippen LogP contribution >= 0.6 is 23.4 Å². The number of hydrogen-bond donors (Lipinski definition) is 1. The van der Waals surface area contributed by atoms with Gasteiger partial charge in [0.1, 0.15) is 5.75 Å². The largest absolute Gasteiger partial charge is 0.495 e. The van der Waals surface area contributed by atoms with Crippen molar-refractivity contribution in [2.75, 3.05) is 18.2 Å². The number of halogens is 1. The van der Waals surface area contributed by atoms with Crippen molar-refractivity contribution in [3.8, 4) is 17.1 Å². The average Bonchev–Trinajstić information content (AvgIpc) is 3.23. The van der Waals surface area contributed by atoms with Gasteiger partial charge in [-0.05, 0) is 36.2 Å². The van der Waals surface area contributed by atoms with Crippen LogP contribution in [0.5, 0.6) is 5.75 Å². The standard InChI is InChI=1S/C24H22ClN5O2S/c1-16-12-20(21(32-2)13-19(16)25)27-22(31)15-33-24-29-28-23(18-8-10-26-11-9-18)30(24)14-17-6-4-3-5-7-17/h3-13H,14-15H2,1-2H3,(H,27,31). The van der Waals surface area contributed by atoms with E-state index >= 15 is 0 Å². The first-order valence-electron chi connectivity index (χ1n) is 10.2. The summed E-state index contributed by atoms with van der Waals surface area (Å²) < 4.78 is 7.35. The number of benzene rings is 2. The first-order valence-corrected chi connectivity index (χ1v) is 11.6. The number of ether oxygens (including phenoxy) is 1. The minimum Gasteiger partial charge on any atom is -0.495 e. The normalized spacial score (nSPS) is 10.8. The van der Waals surface area contributed by atoms with Crippen LogP contribution in [0.3, 0.4) is 0 Å². The number of carbonyl (C=O) groups excluding carboxylic acids is 1. The van der Waals surface area contributed by atoms with Crippen molar-refractivity contribution in [2.45, 2.75) is 18.6 Å². The molecule has 2 aromatic heterocycles. The van der Waals surface area contributed by atoms with Crippen molar-refractivity contribution >= 4 is 35.0 Å². The number of carbonyl (C=O) groups is 1. The number of nitrogens with one attached hydrogen (secondary N) is 1. The van der Waals surface area contributed by atoms with Crippen LogP contribution in [-0.2, 0) is 11.3 Å². The zero-order valence-corrected chi connectivity index (χ0v) is 19.7. The van der Waals surface area contributed by atoms with Gasteiger partial charge in [0, 0.05) is 29.0 Å². The molecule has 0 atom stereocenters. The molecule has 4 aromatic rings. The number of methoxy groups -OCH3 is 1. The molecule has 0 aliphatic heterocycles. The minimum atomic E-state index is -0.181. The molecule has 168 valence electrons. The van der Waals surface area contributed by atoms with E-state index in [4.69, 9.17) is 16.3 Å². The lowest BCUT2D eigenvalue weighted by Crippen LogP contribution is -2.15. The van der Waals surface area contributed by atoms with E-state index in [9.17, 15) is 4.79 Å². The molecule has 33 heavy (non-hydrogen) atoms. The third-order valence-corrected chi connectivity index (χ3v) is 6.30. The Hall–Kier alpha value is -3.36. The lowest BCUT2D eigenvalue weighted by atomic mass is 10.2. The molecule has 9 heteroatoms. The summed E-state index contributed by atoms with van der Waals surface area (Å²) in [6.45, 7) is 2.46. The summed E-state index contributed by atoms with van der Waals surface area (Å²) in [5, 5.41) is 12.9. The Bertz CT molecular complexity index is 1250. The smallest absolute Gasteiger partial charge is 0.234 e. The van der Waals surface area contributed by atoms with Crippen LogP contribution in [0.15, 0.2) is 72.1 Å². The van der Waals surface area contributed by atoms with Crippen LogP contribution in [-0.4, -0.2) is 38.5 Å². The van der Waals surface area contributed by atoms with Crippen molar-refractivity contribution in [3.05, 3.63) is 83.1 Å². The molecule has 0 unspecified atom stereocenters. The molecular formula is C24H22ClN5O2S. The van der Waals surface area contributed by atoms with Gasteiger partial charge >= 0.3 is 0 Å². The Morgan fingerprint density at radius 2 is 1.88 bits per heavy atom. The average molecular weight is 480 g/mol. The lowest BCUT2D eigenvalue weighted by molar-refractivity contribution is -0.113. The highest BCUT2D eigenvalue weighted by molar-refractivity contribution is 7.99. The van der Waals surface area contributed by atoms with Crippen LogP contribution in [0, 0.1) is 6.92 Å². The van der Waals surface area contributed by atoms with Gasteiger partial charge in [-0.25, -0.2) is 0 Å². The predicted octanol–water partition coefficient (Wildman–Crippen LogP) is 5.09. The molecule has 7 nitrogen and oxygen atoms in total. The van der Waals surface area contributed by atoms with E-state index in [1.54, 1.807) is 24.5 Å². The Balaban J connectivity index is 1.54. The molecule has 0 spiro atoms. The molecule has 2 heterocycles. The monoisotopic (exact) mass is 479 g/mol. The number of pyridine rings is 1. The molecule has 0 bridgehead atoms. The number of thioether (sulfide) groups is 1. The zero-order valence-electron chi connectivity index (χ0n) is 18.2. The summed E-state index contributed by atoms with van der Waals surface area (Å²) in [5.74, 6) is 1.21. The van der Waals surface area contributed by atoms with Gasteiger partial charge in [-0.1, -0.05) is 53.7 Å². The third-order valence-electron chi connectivity index (χ3n) is 4.93. The summed E-state index contributed by atoms with van der Waals surface area (Å²) in [6, 6.07) is 17.3. The molecule has 0 aliphatic carbocycles. The number of aryl methyl sites for hydroxylation is 1. The van der Waals surface area contributed by atoms with Gasteiger partial charge in [-0.3, -0.25) is 14.3 Å². The predicted molar refractivity (Wildman–Crippen MR) is 131 cm³/mol. The second-order valence-electron chi connectivity index (χ2n) is 7.25. The molecule has 4 rings (SSSR count). The van der Waals surface area contributed by atoms with Crippen LogP contribution in [0.2, 0.25) is 5.02 Å². The minimum absolute atomic E-state index is 0.161. The highest BCUT2D eigenvalue weighted by Crippen LogP contribution is 2.31. The van der Waals surface area contributed by atoms with Gasteiger partial charge in [0.2, 0.25) is 5.91 Å². The summed E-state index contributed by atoms with van der Waals surface area (Å²) in [4.78, 5) is 16.8. The van der Waals surface area contributed by atoms with Crippen molar-refractivity contribution in [3.63, 3.8) is 0 Å². The van der Waals surface area contributed by atoms with E-state index in [0.717, 1.165) is 22.5 Å². The fraction of sp³-hybridized carbons (Fsp3) is 0.167. The second kappa shape index (κ2) is 10.5. The fourth-order valence-corrected chi connectivity index (χ4v) is 4.16. The number of anilines is 1. The maximum Gasteiger partial charge on any atom is 0.234 e. The molecule has 2 aromatic carbocycles. The van der Waals surface area contributed by atoms with Gasteiger partial charge in [0.05, 0.1) is 25.1 Å². The third kappa shape index (κ3) is 5.53. The number of amides is 1. The Morgan fingerprint density at radius 1 is 1.12 bits per heavy atom. The Kier molecular flexibility index (Phi) is 7.26. The molecule has 0 aliphatic rings. The Morgan fingerprint density at radius 3 is 2.61 bits per heavy atom. The van der Waals surface area contributed by atoms with E-state index in [1.165, 1.54) is 18.9 Å². The van der Waals surface area contributed by atoms with E-state index in [0.29, 0.717) is 28.2 Å². The number of hydrogen-bond acceptors (Lipinski definition) is 6. The van der Waals surface area contributed by atoms with E-state index in [-0.39, 0.29) is 11.7 Å². The number of aromatic nitrogens is 4. The van der Waals surface area contributed by atoms with Gasteiger partial charge in [0.25, 0.3) is 0 Å². The van der Waals surface area contributed by atoms with Crippen molar-refractivity contribution in [1.29, 1.82) is 0 Å². The first-order chi connectivity index (χ1) is 16.0. The number of rotatable bonds is 8. The quantitative estimate of drug-likeness (QED) is 0.354. The first kappa shape index (κ1) is 22.8. The molecule has 0 saturated carbocycles. The maximum atomic E-state index is 12.7. The summed E-state index contributed by atoms with van der Waals surface area (Å²) >= 11 is 7.49. The van der Waals surface area contributed by atoms with Gasteiger partial charge < -0.3 is 10.1 Å². The fourth-order valence-electron chi connectivity index (χ4n) is 3.26. The van der Waals surface area contributed by atoms with Crippen molar-refractivity contribution in [2.24, 2.45) is 0 Å². The molecule has 0 fully saturated rings. The topological polar surface area (TPSA) is 81.9 Å². The summed E-state index contributed by atoms with van der Waals surface area (Å²) in [6.07, 6.45) is 3.44. The van der Waals surface area contributed by atoms with E-state index in [2.05, 4.69) is 20.5 Å². The van der Waals surface area contributed by atoms with Crippen LogP contribution in [0.1, 0.15) is 11.1 Å². The summed E-state index contributed by atoms with van der Waals surface area (Å²) in [7, 11) is 1.54. The van der Waals surface area contributed by atoms with Gasteiger partial charge in [0.15, 0.2) is 11.0 Å². The molecule has 0 radical (unpaired) electrons. The Labute approximate surface area is 201 Å². The second-order valence-corrected chi connectivity index (χ2v) is 8.60. The van der Waals surface area contributed by atoms with Gasteiger partial charge in [-0.15, -0.1) is 10.2 Å².